The van der Waals surface area contributed by atoms with Crippen molar-refractivity contribution in [3.05, 3.63) is 47.9 Å². The van der Waals surface area contributed by atoms with Crippen LogP contribution in [0.1, 0.15) is 24.1 Å². The second kappa shape index (κ2) is 7.96. The van der Waals surface area contributed by atoms with Gasteiger partial charge in [-0.1, -0.05) is 12.1 Å². The van der Waals surface area contributed by atoms with E-state index in [2.05, 4.69) is 15.3 Å². The summed E-state index contributed by atoms with van der Waals surface area (Å²) in [6.07, 6.45) is 3.87. The smallest absolute Gasteiger partial charge is 0.226 e. The Morgan fingerprint density at radius 3 is 2.60 bits per heavy atom. The number of hydrogen-bond donors (Lipinski definition) is 1. The van der Waals surface area contributed by atoms with Gasteiger partial charge in [0.2, 0.25) is 5.91 Å². The third-order valence-corrected chi connectivity index (χ3v) is 4.52. The van der Waals surface area contributed by atoms with Gasteiger partial charge in [-0.05, 0) is 37.5 Å². The average Bonchev–Trinajstić information content (AvgIpc) is 2.63. The molecule has 0 spiro atoms. The molecule has 1 aliphatic heterocycles. The SMILES string of the molecule is COc1ccc(CC(=O)N2CCC(Nc3cc(C)ncn3)CC2)cc1. The number of benzene rings is 1. The van der Waals surface area contributed by atoms with Gasteiger partial charge in [-0.3, -0.25) is 4.79 Å². The molecule has 0 bridgehead atoms. The lowest BCUT2D eigenvalue weighted by molar-refractivity contribution is -0.131. The number of piperidine rings is 1. The number of methoxy groups -OCH3 is 1. The molecule has 2 aromatic rings. The van der Waals surface area contributed by atoms with E-state index in [9.17, 15) is 4.79 Å². The fourth-order valence-corrected chi connectivity index (χ4v) is 3.05. The maximum Gasteiger partial charge on any atom is 0.226 e. The number of carbonyl (C=O) groups is 1. The number of ether oxygens (including phenoxy) is 1. The highest BCUT2D eigenvalue weighted by atomic mass is 16.5. The van der Waals surface area contributed by atoms with E-state index in [1.54, 1.807) is 13.4 Å². The Balaban J connectivity index is 1.48. The number of amides is 1. The third kappa shape index (κ3) is 4.68. The van der Waals surface area contributed by atoms with Gasteiger partial charge in [0.15, 0.2) is 0 Å². The molecule has 0 unspecified atom stereocenters. The molecule has 1 fully saturated rings. The zero-order valence-corrected chi connectivity index (χ0v) is 14.7. The average molecular weight is 340 g/mol. The number of likely N-dealkylation sites (tertiary alicyclic amines) is 1. The number of anilines is 1. The van der Waals surface area contributed by atoms with Crippen molar-refractivity contribution in [2.24, 2.45) is 0 Å². The molecule has 0 atom stereocenters. The van der Waals surface area contributed by atoms with Crippen LogP contribution in [0, 0.1) is 6.92 Å². The van der Waals surface area contributed by atoms with Crippen molar-refractivity contribution in [2.75, 3.05) is 25.5 Å². The topological polar surface area (TPSA) is 67.3 Å². The Hall–Kier alpha value is -2.63. The lowest BCUT2D eigenvalue weighted by Crippen LogP contribution is -2.43. The Bertz CT molecular complexity index is 710. The Labute approximate surface area is 148 Å². The van der Waals surface area contributed by atoms with Crippen molar-refractivity contribution >= 4 is 11.7 Å². The van der Waals surface area contributed by atoms with E-state index in [1.807, 2.05) is 42.2 Å². The van der Waals surface area contributed by atoms with E-state index in [4.69, 9.17) is 4.74 Å². The van der Waals surface area contributed by atoms with Crippen LogP contribution in [0.15, 0.2) is 36.7 Å². The zero-order chi connectivity index (χ0) is 17.6. The van der Waals surface area contributed by atoms with Gasteiger partial charge in [-0.2, -0.15) is 0 Å². The fourth-order valence-electron chi connectivity index (χ4n) is 3.05. The monoisotopic (exact) mass is 340 g/mol. The molecule has 0 radical (unpaired) electrons. The number of aryl methyl sites for hydroxylation is 1. The van der Waals surface area contributed by atoms with Gasteiger partial charge in [0.1, 0.15) is 17.9 Å². The van der Waals surface area contributed by atoms with Gasteiger partial charge in [-0.25, -0.2) is 9.97 Å². The Morgan fingerprint density at radius 2 is 1.96 bits per heavy atom. The maximum atomic E-state index is 12.5. The van der Waals surface area contributed by atoms with E-state index in [1.165, 1.54) is 0 Å². The summed E-state index contributed by atoms with van der Waals surface area (Å²) in [5.74, 6) is 1.85. The summed E-state index contributed by atoms with van der Waals surface area (Å²) < 4.78 is 5.15. The number of rotatable bonds is 5. The van der Waals surface area contributed by atoms with Crippen LogP contribution in [-0.4, -0.2) is 47.0 Å². The number of aromatic nitrogens is 2. The Kier molecular flexibility index (Phi) is 5.48. The summed E-state index contributed by atoms with van der Waals surface area (Å²) in [5.41, 5.74) is 1.96. The second-order valence-electron chi connectivity index (χ2n) is 6.37. The summed E-state index contributed by atoms with van der Waals surface area (Å²) in [6.45, 7) is 3.50. The molecule has 1 saturated heterocycles. The highest BCUT2D eigenvalue weighted by Gasteiger charge is 2.23. The molecule has 1 aromatic heterocycles. The normalized spacial score (nSPS) is 15.0. The quantitative estimate of drug-likeness (QED) is 0.905. The molecule has 1 aliphatic rings. The maximum absolute atomic E-state index is 12.5. The van der Waals surface area contributed by atoms with Crippen LogP contribution in [0.5, 0.6) is 5.75 Å². The molecule has 1 aromatic carbocycles. The van der Waals surface area contributed by atoms with E-state index >= 15 is 0 Å². The van der Waals surface area contributed by atoms with Gasteiger partial charge in [0, 0.05) is 30.9 Å². The van der Waals surface area contributed by atoms with Crippen LogP contribution >= 0.6 is 0 Å². The number of carbonyl (C=O) groups excluding carboxylic acids is 1. The summed E-state index contributed by atoms with van der Waals surface area (Å²) in [7, 11) is 1.64. The molecule has 132 valence electrons. The summed E-state index contributed by atoms with van der Waals surface area (Å²) in [6, 6.07) is 9.97. The van der Waals surface area contributed by atoms with E-state index < -0.39 is 0 Å². The molecule has 6 heteroatoms. The largest absolute Gasteiger partial charge is 0.497 e. The second-order valence-corrected chi connectivity index (χ2v) is 6.37. The van der Waals surface area contributed by atoms with Gasteiger partial charge in [0.25, 0.3) is 0 Å². The Morgan fingerprint density at radius 1 is 1.24 bits per heavy atom. The molecule has 2 heterocycles. The van der Waals surface area contributed by atoms with Crippen LogP contribution in [0.25, 0.3) is 0 Å². The molecule has 6 nitrogen and oxygen atoms in total. The molecular formula is C19H24N4O2. The van der Waals surface area contributed by atoms with Crippen LogP contribution in [0.3, 0.4) is 0 Å². The molecule has 0 aliphatic carbocycles. The van der Waals surface area contributed by atoms with Crippen molar-refractivity contribution in [3.8, 4) is 5.75 Å². The minimum atomic E-state index is 0.182. The van der Waals surface area contributed by atoms with Crippen LogP contribution in [0.4, 0.5) is 5.82 Å². The minimum Gasteiger partial charge on any atom is -0.497 e. The zero-order valence-electron chi connectivity index (χ0n) is 14.7. The molecule has 25 heavy (non-hydrogen) atoms. The van der Waals surface area contributed by atoms with Crippen molar-refractivity contribution in [2.45, 2.75) is 32.2 Å². The third-order valence-electron chi connectivity index (χ3n) is 4.52. The highest BCUT2D eigenvalue weighted by molar-refractivity contribution is 5.79. The van der Waals surface area contributed by atoms with Gasteiger partial charge >= 0.3 is 0 Å². The van der Waals surface area contributed by atoms with Crippen molar-refractivity contribution in [1.82, 2.24) is 14.9 Å². The number of nitrogens with zero attached hydrogens (tertiary/aromatic N) is 3. The summed E-state index contributed by atoms with van der Waals surface area (Å²) >= 11 is 0. The van der Waals surface area contributed by atoms with Crippen LogP contribution in [-0.2, 0) is 11.2 Å². The standard InChI is InChI=1S/C19H24N4O2/c1-14-11-18(21-13-20-14)22-16-7-9-23(10-8-16)19(24)12-15-3-5-17(25-2)6-4-15/h3-6,11,13,16H,7-10,12H2,1-2H3,(H,20,21,22). The number of hydrogen-bond acceptors (Lipinski definition) is 5. The van der Waals surface area contributed by atoms with E-state index in [0.717, 1.165) is 48.8 Å². The van der Waals surface area contributed by atoms with Gasteiger partial charge in [0.05, 0.1) is 13.5 Å². The first-order chi connectivity index (χ1) is 12.1. The fraction of sp³-hybridized carbons (Fsp3) is 0.421. The molecule has 3 rings (SSSR count). The predicted molar refractivity (Wildman–Crippen MR) is 96.7 cm³/mol. The van der Waals surface area contributed by atoms with Gasteiger partial charge in [-0.15, -0.1) is 0 Å². The number of nitrogens with one attached hydrogen (secondary N) is 1. The molecule has 1 amide bonds. The van der Waals surface area contributed by atoms with Crippen LogP contribution in [0.2, 0.25) is 0 Å². The molecular weight excluding hydrogens is 316 g/mol. The van der Waals surface area contributed by atoms with Crippen molar-refractivity contribution in [1.29, 1.82) is 0 Å². The van der Waals surface area contributed by atoms with Crippen molar-refractivity contribution < 1.29 is 9.53 Å². The first kappa shape index (κ1) is 17.2. The van der Waals surface area contributed by atoms with E-state index in [-0.39, 0.29) is 5.91 Å². The van der Waals surface area contributed by atoms with Crippen LogP contribution < -0.4 is 10.1 Å². The molecule has 1 N–H and O–H groups in total. The predicted octanol–water partition coefficient (Wildman–Crippen LogP) is 2.44. The summed E-state index contributed by atoms with van der Waals surface area (Å²) in [4.78, 5) is 22.8. The summed E-state index contributed by atoms with van der Waals surface area (Å²) in [5, 5.41) is 3.44. The molecule has 0 saturated carbocycles. The minimum absolute atomic E-state index is 0.182. The van der Waals surface area contributed by atoms with E-state index in [0.29, 0.717) is 12.5 Å². The highest BCUT2D eigenvalue weighted by Crippen LogP contribution is 2.17. The van der Waals surface area contributed by atoms with Crippen molar-refractivity contribution in [3.63, 3.8) is 0 Å². The lowest BCUT2D eigenvalue weighted by Gasteiger charge is -2.32. The van der Waals surface area contributed by atoms with Gasteiger partial charge < -0.3 is 15.0 Å². The first-order valence-electron chi connectivity index (χ1n) is 8.60. The first-order valence-corrected chi connectivity index (χ1v) is 8.60. The lowest BCUT2D eigenvalue weighted by atomic mass is 10.0.